The van der Waals surface area contributed by atoms with Gasteiger partial charge >= 0.3 is 17.9 Å². The fourth-order valence-corrected chi connectivity index (χ4v) is 7.74. The molecule has 0 amide bonds. The molecule has 0 aromatic carbocycles. The van der Waals surface area contributed by atoms with Gasteiger partial charge in [0.25, 0.3) is 0 Å². The second kappa shape index (κ2) is 55.2. The Labute approximate surface area is 414 Å². The molecule has 0 spiro atoms. The van der Waals surface area contributed by atoms with Crippen molar-refractivity contribution in [2.45, 2.75) is 271 Å². The molecule has 6 nitrogen and oxygen atoms in total. The smallest absolute Gasteiger partial charge is 0.306 e. The van der Waals surface area contributed by atoms with E-state index in [-0.39, 0.29) is 31.1 Å². The summed E-state index contributed by atoms with van der Waals surface area (Å²) in [5, 5.41) is 0. The summed E-state index contributed by atoms with van der Waals surface area (Å²) in [6, 6.07) is 0. The van der Waals surface area contributed by atoms with E-state index in [1.54, 1.807) is 0 Å². The van der Waals surface area contributed by atoms with Crippen molar-refractivity contribution < 1.29 is 28.6 Å². The Kier molecular flexibility index (Phi) is 52.4. The molecule has 0 rings (SSSR count). The number of hydrogen-bond acceptors (Lipinski definition) is 6. The predicted octanol–water partition coefficient (Wildman–Crippen LogP) is 18.8. The van der Waals surface area contributed by atoms with Crippen LogP contribution < -0.4 is 0 Å². The maximum atomic E-state index is 12.8. The molecule has 0 bridgehead atoms. The van der Waals surface area contributed by atoms with Gasteiger partial charge in [0.05, 0.1) is 0 Å². The van der Waals surface area contributed by atoms with Gasteiger partial charge < -0.3 is 14.2 Å². The minimum atomic E-state index is -0.795. The van der Waals surface area contributed by atoms with Crippen LogP contribution in [-0.4, -0.2) is 37.2 Å². The number of carbonyl (C=O) groups is 3. The number of unbranched alkanes of at least 4 members (excludes halogenated alkanes) is 25. The lowest BCUT2D eigenvalue weighted by Crippen LogP contribution is -2.30. The third-order valence-corrected chi connectivity index (χ3v) is 11.9. The Balaban J connectivity index is 4.43. The molecule has 0 unspecified atom stereocenters. The predicted molar refractivity (Wildman–Crippen MR) is 288 cm³/mol. The van der Waals surface area contributed by atoms with Crippen LogP contribution in [0.25, 0.3) is 0 Å². The lowest BCUT2D eigenvalue weighted by Gasteiger charge is -2.18. The van der Waals surface area contributed by atoms with Gasteiger partial charge in [0, 0.05) is 19.3 Å². The number of carbonyl (C=O) groups excluding carboxylic acids is 3. The summed E-state index contributed by atoms with van der Waals surface area (Å²) < 4.78 is 16.8. The Hall–Kier alpha value is -3.41. The molecule has 384 valence electrons. The number of allylic oxidation sites excluding steroid dienone is 14. The van der Waals surface area contributed by atoms with Crippen LogP contribution in [0.15, 0.2) is 85.1 Å². The van der Waals surface area contributed by atoms with E-state index in [9.17, 15) is 14.4 Å². The van der Waals surface area contributed by atoms with Crippen molar-refractivity contribution in [3.05, 3.63) is 85.1 Å². The summed E-state index contributed by atoms with van der Waals surface area (Å²) in [6.07, 6.45) is 71.4. The molecule has 0 fully saturated rings. The van der Waals surface area contributed by atoms with E-state index in [4.69, 9.17) is 14.2 Å². The van der Waals surface area contributed by atoms with Crippen molar-refractivity contribution >= 4 is 17.9 Å². The Morgan fingerprint density at radius 3 is 0.910 bits per heavy atom. The van der Waals surface area contributed by atoms with Gasteiger partial charge in [0.2, 0.25) is 0 Å². The van der Waals surface area contributed by atoms with Crippen molar-refractivity contribution in [2.75, 3.05) is 13.2 Å². The lowest BCUT2D eigenvalue weighted by molar-refractivity contribution is -0.167. The maximum absolute atomic E-state index is 12.8. The molecule has 0 heterocycles. The van der Waals surface area contributed by atoms with Gasteiger partial charge in [-0.15, -0.1) is 0 Å². The second-order valence-corrected chi connectivity index (χ2v) is 18.4. The first-order valence-corrected chi connectivity index (χ1v) is 28.1. The zero-order valence-electron chi connectivity index (χ0n) is 43.9. The van der Waals surface area contributed by atoms with Crippen molar-refractivity contribution in [1.82, 2.24) is 0 Å². The SMILES string of the molecule is CC/C=C\C/C=C\C/C=C\C/C=C\CCCCCCC(=O)OC[C@H](COC(=O)CCCCCCCCCCCCCCCCCCC)OC(=O)CCCCCCC/C=C\C/C=C\C/C=C\CC. The normalized spacial score (nSPS) is 12.7. The van der Waals surface area contributed by atoms with Gasteiger partial charge in [-0.3, -0.25) is 14.4 Å². The highest BCUT2D eigenvalue weighted by Gasteiger charge is 2.19. The summed E-state index contributed by atoms with van der Waals surface area (Å²) in [7, 11) is 0. The van der Waals surface area contributed by atoms with E-state index in [1.807, 2.05) is 0 Å². The van der Waals surface area contributed by atoms with Crippen LogP contribution in [-0.2, 0) is 28.6 Å². The first kappa shape index (κ1) is 63.6. The average Bonchev–Trinajstić information content (AvgIpc) is 3.33. The summed E-state index contributed by atoms with van der Waals surface area (Å²) in [4.78, 5) is 38.1. The van der Waals surface area contributed by atoms with E-state index < -0.39 is 6.10 Å². The van der Waals surface area contributed by atoms with Crippen LogP contribution in [0.1, 0.15) is 265 Å². The molecule has 0 aliphatic heterocycles. The van der Waals surface area contributed by atoms with Crippen LogP contribution in [0.2, 0.25) is 0 Å². The molecule has 0 saturated carbocycles. The summed E-state index contributed by atoms with van der Waals surface area (Å²) in [5.74, 6) is -0.926. The van der Waals surface area contributed by atoms with Crippen molar-refractivity contribution in [1.29, 1.82) is 0 Å². The number of ether oxygens (including phenoxy) is 3. The van der Waals surface area contributed by atoms with Gasteiger partial charge in [-0.1, -0.05) is 241 Å². The van der Waals surface area contributed by atoms with E-state index >= 15 is 0 Å². The molecule has 0 aromatic heterocycles. The van der Waals surface area contributed by atoms with E-state index in [1.165, 1.54) is 89.9 Å². The van der Waals surface area contributed by atoms with Gasteiger partial charge in [-0.2, -0.15) is 0 Å². The Bertz CT molecular complexity index is 1300. The number of esters is 3. The topological polar surface area (TPSA) is 78.9 Å². The maximum Gasteiger partial charge on any atom is 0.306 e. The van der Waals surface area contributed by atoms with Crippen molar-refractivity contribution in [2.24, 2.45) is 0 Å². The standard InChI is InChI=1S/C61H104O6/c1-4-7-10-13-16-19-22-25-28-30-33-35-38-41-44-47-50-53-59(62)65-56-58(67-61(64)55-52-49-46-43-40-37-32-27-24-21-18-15-12-9-6-3)57-66-60(63)54-51-48-45-42-39-36-34-31-29-26-23-20-17-14-11-8-5-2/h7,9-10,12,16,18-19,21,25,27-28,32-33,35,58H,4-6,8,11,13-15,17,20,22-24,26,29-31,34,36-57H2,1-3H3/b10-7-,12-9-,19-16-,21-18-,28-25-,32-27-,35-33-/t58-/m1/s1. The fraction of sp³-hybridized carbons (Fsp3) is 0.721. The van der Waals surface area contributed by atoms with Crippen LogP contribution >= 0.6 is 0 Å². The summed E-state index contributed by atoms with van der Waals surface area (Å²) in [5.41, 5.74) is 0. The van der Waals surface area contributed by atoms with E-state index in [0.717, 1.165) is 135 Å². The molecule has 6 heteroatoms. The molecule has 67 heavy (non-hydrogen) atoms. The number of rotatable bonds is 50. The van der Waals surface area contributed by atoms with E-state index in [2.05, 4.69) is 106 Å². The molecule has 0 radical (unpaired) electrons. The second-order valence-electron chi connectivity index (χ2n) is 18.4. The summed E-state index contributed by atoms with van der Waals surface area (Å²) >= 11 is 0. The van der Waals surface area contributed by atoms with Gasteiger partial charge in [-0.25, -0.2) is 0 Å². The van der Waals surface area contributed by atoms with E-state index in [0.29, 0.717) is 19.3 Å². The zero-order chi connectivity index (χ0) is 48.6. The molecule has 0 aliphatic carbocycles. The van der Waals surface area contributed by atoms with Crippen LogP contribution in [0, 0.1) is 0 Å². The monoisotopic (exact) mass is 933 g/mol. The Morgan fingerprint density at radius 1 is 0.313 bits per heavy atom. The minimum absolute atomic E-state index is 0.0900. The quantitative estimate of drug-likeness (QED) is 0.0262. The van der Waals surface area contributed by atoms with Crippen LogP contribution in [0.3, 0.4) is 0 Å². The first-order chi connectivity index (χ1) is 33.0. The zero-order valence-corrected chi connectivity index (χ0v) is 43.9. The molecular formula is C61H104O6. The molecule has 1 atom stereocenters. The van der Waals surface area contributed by atoms with Crippen LogP contribution in [0.5, 0.6) is 0 Å². The van der Waals surface area contributed by atoms with Crippen molar-refractivity contribution in [3.8, 4) is 0 Å². The molecule has 0 aromatic rings. The highest BCUT2D eigenvalue weighted by Crippen LogP contribution is 2.16. The molecule has 0 saturated heterocycles. The highest BCUT2D eigenvalue weighted by molar-refractivity contribution is 5.71. The van der Waals surface area contributed by atoms with Crippen LogP contribution in [0.4, 0.5) is 0 Å². The minimum Gasteiger partial charge on any atom is -0.462 e. The van der Waals surface area contributed by atoms with Crippen molar-refractivity contribution in [3.63, 3.8) is 0 Å². The first-order valence-electron chi connectivity index (χ1n) is 28.1. The highest BCUT2D eigenvalue weighted by atomic mass is 16.6. The molecule has 0 N–H and O–H groups in total. The third kappa shape index (κ3) is 53.4. The largest absolute Gasteiger partial charge is 0.462 e. The molecular weight excluding hydrogens is 829 g/mol. The lowest BCUT2D eigenvalue weighted by atomic mass is 10.0. The Morgan fingerprint density at radius 2 is 0.582 bits per heavy atom. The van der Waals surface area contributed by atoms with Gasteiger partial charge in [-0.05, 0) is 89.9 Å². The number of hydrogen-bond donors (Lipinski definition) is 0. The average molecular weight is 933 g/mol. The van der Waals surface area contributed by atoms with Gasteiger partial charge in [0.1, 0.15) is 13.2 Å². The summed E-state index contributed by atoms with van der Waals surface area (Å²) in [6.45, 7) is 6.40. The van der Waals surface area contributed by atoms with Gasteiger partial charge in [0.15, 0.2) is 6.10 Å². The third-order valence-electron chi connectivity index (χ3n) is 11.9. The fourth-order valence-electron chi connectivity index (χ4n) is 7.74. The molecule has 0 aliphatic rings.